The largest absolute Gasteiger partial charge is 0.296 e. The monoisotopic (exact) mass is 410 g/mol. The fourth-order valence-electron chi connectivity index (χ4n) is 1.94. The van der Waals surface area contributed by atoms with Crippen molar-refractivity contribution in [2.45, 2.75) is 19.0 Å². The van der Waals surface area contributed by atoms with Crippen LogP contribution in [0.5, 0.6) is 0 Å². The number of nitrogens with zero attached hydrogens (tertiary/aromatic N) is 3. The minimum Gasteiger partial charge on any atom is -0.296 e. The zero-order valence-corrected chi connectivity index (χ0v) is 16.3. The molecule has 7 nitrogen and oxygen atoms in total. The number of nitrogens with one attached hydrogen (secondary N) is 1. The summed E-state index contributed by atoms with van der Waals surface area (Å²) in [5.74, 6) is -0.864. The Morgan fingerprint density at radius 1 is 1.38 bits per heavy atom. The lowest BCUT2D eigenvalue weighted by molar-refractivity contribution is -0.112. The molecule has 0 saturated carbocycles. The van der Waals surface area contributed by atoms with Crippen LogP contribution in [0.15, 0.2) is 35.0 Å². The van der Waals surface area contributed by atoms with E-state index in [4.69, 9.17) is 11.6 Å². The second-order valence-corrected chi connectivity index (χ2v) is 8.85. The minimum absolute atomic E-state index is 0.00888. The van der Waals surface area contributed by atoms with Crippen molar-refractivity contribution >= 4 is 50.1 Å². The van der Waals surface area contributed by atoms with E-state index >= 15 is 0 Å². The smallest absolute Gasteiger partial charge is 0.268 e. The van der Waals surface area contributed by atoms with Gasteiger partial charge in [0.1, 0.15) is 11.6 Å². The summed E-state index contributed by atoms with van der Waals surface area (Å²) in [4.78, 5) is 16.1. The second kappa shape index (κ2) is 8.40. The summed E-state index contributed by atoms with van der Waals surface area (Å²) in [6.45, 7) is 3.54. The molecule has 0 aliphatic heterocycles. The molecule has 0 fully saturated rings. The Morgan fingerprint density at radius 3 is 2.62 bits per heavy atom. The van der Waals surface area contributed by atoms with E-state index in [1.165, 1.54) is 6.08 Å². The summed E-state index contributed by atoms with van der Waals surface area (Å²) in [7, 11) is -3.61. The van der Waals surface area contributed by atoms with Gasteiger partial charge < -0.3 is 0 Å². The average Bonchev–Trinajstić information content (AvgIpc) is 3.02. The highest BCUT2D eigenvalue weighted by Gasteiger charge is 2.23. The molecule has 0 aliphatic rings. The zero-order valence-electron chi connectivity index (χ0n) is 13.9. The first-order valence-electron chi connectivity index (χ1n) is 7.46. The molecule has 0 spiro atoms. The number of nitriles is 1. The van der Waals surface area contributed by atoms with Gasteiger partial charge in [0.2, 0.25) is 15.0 Å². The third-order valence-corrected chi connectivity index (χ3v) is 5.85. The Kier molecular flexibility index (Phi) is 6.47. The number of aromatic nitrogens is 2. The van der Waals surface area contributed by atoms with Crippen molar-refractivity contribution in [2.75, 3.05) is 11.1 Å². The molecule has 0 radical (unpaired) electrons. The van der Waals surface area contributed by atoms with Gasteiger partial charge in [0.05, 0.1) is 5.75 Å². The molecular weight excluding hydrogens is 396 g/mol. The van der Waals surface area contributed by atoms with Crippen LogP contribution >= 0.6 is 23.1 Å². The van der Waals surface area contributed by atoms with Crippen LogP contribution in [0.1, 0.15) is 19.4 Å². The lowest BCUT2D eigenvalue weighted by Gasteiger charge is -2.02. The van der Waals surface area contributed by atoms with Crippen LogP contribution in [0.2, 0.25) is 5.02 Å². The summed E-state index contributed by atoms with van der Waals surface area (Å²) in [5.41, 5.74) is 0.465. The second-order valence-electron chi connectivity index (χ2n) is 5.73. The van der Waals surface area contributed by atoms with E-state index in [-0.39, 0.29) is 27.5 Å². The van der Waals surface area contributed by atoms with Crippen LogP contribution in [0.3, 0.4) is 0 Å². The topological polar surface area (TPSA) is 113 Å². The quantitative estimate of drug-likeness (QED) is 0.578. The first kappa shape index (κ1) is 20.0. The Balaban J connectivity index is 2.16. The lowest BCUT2D eigenvalue weighted by atomic mass is 10.1. The predicted molar refractivity (Wildman–Crippen MR) is 100 cm³/mol. The number of carbonyl (C=O) groups is 1. The van der Waals surface area contributed by atoms with Gasteiger partial charge in [0.25, 0.3) is 11.1 Å². The van der Waals surface area contributed by atoms with Crippen molar-refractivity contribution in [3.05, 3.63) is 40.4 Å². The summed E-state index contributed by atoms with van der Waals surface area (Å²) in [5, 5.41) is 11.8. The van der Waals surface area contributed by atoms with E-state index < -0.39 is 15.7 Å². The van der Waals surface area contributed by atoms with Gasteiger partial charge in [-0.1, -0.05) is 37.6 Å². The standard InChI is InChI=1S/C16H15ClN4O3S2/c1-10(2)9-26(23,24)16-20-15(25-21-16)19-14(22)12(8-18)7-11-3-5-13(17)6-4-11/h3-7,10H,9H2,1-2H3,(H,19,20,21,22)/b12-7-. The van der Waals surface area contributed by atoms with E-state index in [0.29, 0.717) is 10.6 Å². The number of halogens is 1. The predicted octanol–water partition coefficient (Wildman–Crippen LogP) is 3.17. The average molecular weight is 411 g/mol. The Morgan fingerprint density at radius 2 is 2.04 bits per heavy atom. The molecular formula is C16H15ClN4O3S2. The van der Waals surface area contributed by atoms with Crippen molar-refractivity contribution < 1.29 is 13.2 Å². The molecule has 2 rings (SSSR count). The van der Waals surface area contributed by atoms with E-state index in [1.807, 2.05) is 0 Å². The highest BCUT2D eigenvalue weighted by atomic mass is 35.5. The first-order chi connectivity index (χ1) is 12.2. The first-order valence-corrected chi connectivity index (χ1v) is 10.3. The lowest BCUT2D eigenvalue weighted by Crippen LogP contribution is -2.15. The molecule has 1 aromatic carbocycles. The summed E-state index contributed by atoms with van der Waals surface area (Å²) in [6, 6.07) is 8.40. The molecule has 1 heterocycles. The van der Waals surface area contributed by atoms with Crippen molar-refractivity contribution in [1.82, 2.24) is 9.36 Å². The zero-order chi connectivity index (χ0) is 19.3. The van der Waals surface area contributed by atoms with Crippen LogP contribution in [-0.4, -0.2) is 29.4 Å². The molecule has 0 unspecified atom stereocenters. The summed E-state index contributed by atoms with van der Waals surface area (Å²) < 4.78 is 28.0. The number of benzene rings is 1. The maximum absolute atomic E-state index is 12.2. The Labute approximate surface area is 160 Å². The van der Waals surface area contributed by atoms with Crippen molar-refractivity contribution in [3.8, 4) is 6.07 Å². The Hall–Kier alpha value is -2.28. The van der Waals surface area contributed by atoms with Gasteiger partial charge in [-0.3, -0.25) is 10.1 Å². The number of sulfone groups is 1. The van der Waals surface area contributed by atoms with Gasteiger partial charge in [-0.05, 0) is 29.7 Å². The van der Waals surface area contributed by atoms with Gasteiger partial charge in [0, 0.05) is 16.6 Å². The minimum atomic E-state index is -3.61. The molecule has 1 aromatic heterocycles. The molecule has 0 bridgehead atoms. The van der Waals surface area contributed by atoms with E-state index in [9.17, 15) is 18.5 Å². The van der Waals surface area contributed by atoms with Gasteiger partial charge in [0.15, 0.2) is 0 Å². The summed E-state index contributed by atoms with van der Waals surface area (Å²) >= 11 is 6.54. The molecule has 1 amide bonds. The number of anilines is 1. The maximum Gasteiger partial charge on any atom is 0.268 e. The molecule has 136 valence electrons. The summed E-state index contributed by atoms with van der Waals surface area (Å²) in [6.07, 6.45) is 1.39. The number of hydrogen-bond acceptors (Lipinski definition) is 7. The molecule has 2 aromatic rings. The maximum atomic E-state index is 12.2. The fourth-order valence-corrected chi connectivity index (χ4v) is 4.42. The highest BCUT2D eigenvalue weighted by molar-refractivity contribution is 7.91. The SMILES string of the molecule is CC(C)CS(=O)(=O)c1nsc(NC(=O)/C(C#N)=C\c2ccc(Cl)cc2)n1. The normalized spacial score (nSPS) is 12.0. The molecule has 0 aliphatic carbocycles. The van der Waals surface area contributed by atoms with Crippen LogP contribution in [0.25, 0.3) is 6.08 Å². The van der Waals surface area contributed by atoms with Crippen molar-refractivity contribution in [2.24, 2.45) is 5.92 Å². The third kappa shape index (κ3) is 5.36. The molecule has 0 atom stereocenters. The van der Waals surface area contributed by atoms with Crippen LogP contribution < -0.4 is 5.32 Å². The highest BCUT2D eigenvalue weighted by Crippen LogP contribution is 2.19. The van der Waals surface area contributed by atoms with Crippen LogP contribution in [0, 0.1) is 17.2 Å². The number of amides is 1. The van der Waals surface area contributed by atoms with E-state index in [1.54, 1.807) is 44.2 Å². The van der Waals surface area contributed by atoms with Gasteiger partial charge in [-0.2, -0.15) is 14.6 Å². The van der Waals surface area contributed by atoms with E-state index in [2.05, 4.69) is 14.7 Å². The molecule has 0 saturated heterocycles. The van der Waals surface area contributed by atoms with Crippen LogP contribution in [0.4, 0.5) is 5.13 Å². The fraction of sp³-hybridized carbons (Fsp3) is 0.250. The third-order valence-electron chi connectivity index (χ3n) is 3.00. The molecule has 26 heavy (non-hydrogen) atoms. The van der Waals surface area contributed by atoms with Crippen molar-refractivity contribution in [3.63, 3.8) is 0 Å². The van der Waals surface area contributed by atoms with E-state index in [0.717, 1.165) is 11.5 Å². The van der Waals surface area contributed by atoms with Gasteiger partial charge in [-0.25, -0.2) is 8.42 Å². The number of hydrogen-bond donors (Lipinski definition) is 1. The van der Waals surface area contributed by atoms with Gasteiger partial charge in [-0.15, -0.1) is 0 Å². The van der Waals surface area contributed by atoms with Gasteiger partial charge >= 0.3 is 0 Å². The Bertz CT molecular complexity index is 974. The number of carbonyl (C=O) groups excluding carboxylic acids is 1. The van der Waals surface area contributed by atoms with Crippen molar-refractivity contribution in [1.29, 1.82) is 5.26 Å². The molecule has 10 heteroatoms. The number of rotatable bonds is 6. The van der Waals surface area contributed by atoms with Crippen LogP contribution in [-0.2, 0) is 14.6 Å². The molecule has 1 N–H and O–H groups in total.